The quantitative estimate of drug-likeness (QED) is 0.396. The summed E-state index contributed by atoms with van der Waals surface area (Å²) in [4.78, 5) is 38.9. The van der Waals surface area contributed by atoms with Crippen molar-refractivity contribution in [3.05, 3.63) is 71.2 Å². The van der Waals surface area contributed by atoms with Gasteiger partial charge >= 0.3 is 5.97 Å². The summed E-state index contributed by atoms with van der Waals surface area (Å²) in [5.41, 5.74) is 0.599. The van der Waals surface area contributed by atoms with Gasteiger partial charge in [0.1, 0.15) is 17.1 Å². The van der Waals surface area contributed by atoms with Crippen LogP contribution in [0.15, 0.2) is 36.8 Å². The highest BCUT2D eigenvalue weighted by Gasteiger charge is 2.31. The number of halogens is 2. The molecule has 0 saturated carbocycles. The van der Waals surface area contributed by atoms with E-state index in [0.29, 0.717) is 22.6 Å². The fourth-order valence-electron chi connectivity index (χ4n) is 4.24. The number of ether oxygens (including phenoxy) is 2. The number of rotatable bonds is 5. The highest BCUT2D eigenvalue weighted by molar-refractivity contribution is 6.00. The summed E-state index contributed by atoms with van der Waals surface area (Å²) in [5.74, 6) is -2.59. The topological polar surface area (TPSA) is 119 Å². The Labute approximate surface area is 215 Å². The number of anilines is 1. The Morgan fingerprint density at radius 2 is 1.89 bits per heavy atom. The first-order valence-electron chi connectivity index (χ1n) is 11.5. The van der Waals surface area contributed by atoms with Gasteiger partial charge in [0, 0.05) is 35.8 Å². The van der Waals surface area contributed by atoms with E-state index in [0.717, 1.165) is 6.07 Å². The second-order valence-electron chi connectivity index (χ2n) is 9.33. The maximum Gasteiger partial charge on any atom is 0.338 e. The molecule has 0 saturated heterocycles. The molecular weight excluding hydrogens is 500 g/mol. The largest absolute Gasteiger partial charge is 0.478 e. The van der Waals surface area contributed by atoms with Crippen molar-refractivity contribution >= 4 is 23.2 Å². The molecule has 0 radical (unpaired) electrons. The zero-order chi connectivity index (χ0) is 27.4. The molecule has 5 rings (SSSR count). The van der Waals surface area contributed by atoms with E-state index in [2.05, 4.69) is 15.0 Å². The van der Waals surface area contributed by atoms with Crippen LogP contribution in [-0.4, -0.2) is 50.1 Å². The molecule has 0 atom stereocenters. The lowest BCUT2D eigenvalue weighted by Gasteiger charge is -2.30. The Bertz CT molecular complexity index is 1590. The summed E-state index contributed by atoms with van der Waals surface area (Å²) in [6.07, 6.45) is 4.33. The van der Waals surface area contributed by atoms with E-state index in [4.69, 9.17) is 9.47 Å². The van der Waals surface area contributed by atoms with E-state index in [1.54, 1.807) is 25.2 Å². The summed E-state index contributed by atoms with van der Waals surface area (Å²) in [5, 5.41) is 10.1. The zero-order valence-electron chi connectivity index (χ0n) is 21.0. The smallest absolute Gasteiger partial charge is 0.338 e. The van der Waals surface area contributed by atoms with Crippen LogP contribution in [0, 0.1) is 18.6 Å². The first kappa shape index (κ1) is 25.2. The van der Waals surface area contributed by atoms with Gasteiger partial charge in [0.2, 0.25) is 0 Å². The van der Waals surface area contributed by atoms with Crippen molar-refractivity contribution in [2.75, 3.05) is 18.6 Å². The molecule has 1 N–H and O–H groups in total. The summed E-state index contributed by atoms with van der Waals surface area (Å²) < 4.78 is 41.5. The summed E-state index contributed by atoms with van der Waals surface area (Å²) >= 11 is 0. The average Bonchev–Trinajstić information content (AvgIpc) is 3.17. The van der Waals surface area contributed by atoms with Gasteiger partial charge in [0.25, 0.3) is 5.91 Å². The standard InChI is InChI=1S/C26H23F2N5O5/c1-13-20(11-33-19-6-14(24(35)37-4)5-18(28)23(19)38-12-22(33)34)32-10-16(17(27)7-21(32)31-13)15-8-29-25(30-9-15)26(2,3)36/h5-10,36H,11-12H2,1-4H3. The van der Waals surface area contributed by atoms with Crippen LogP contribution < -0.4 is 9.64 Å². The van der Waals surface area contributed by atoms with Crippen LogP contribution in [0.4, 0.5) is 14.5 Å². The van der Waals surface area contributed by atoms with Crippen molar-refractivity contribution in [1.29, 1.82) is 0 Å². The van der Waals surface area contributed by atoms with Gasteiger partial charge in [-0.3, -0.25) is 9.69 Å². The number of hydrogen-bond acceptors (Lipinski definition) is 8. The lowest BCUT2D eigenvalue weighted by atomic mass is 10.1. The predicted molar refractivity (Wildman–Crippen MR) is 131 cm³/mol. The van der Waals surface area contributed by atoms with Crippen LogP contribution in [0.25, 0.3) is 16.8 Å². The average molecular weight is 523 g/mol. The number of amides is 1. The lowest BCUT2D eigenvalue weighted by molar-refractivity contribution is -0.121. The molecule has 10 nitrogen and oxygen atoms in total. The maximum absolute atomic E-state index is 15.1. The number of carbonyl (C=O) groups excluding carboxylic acids is 2. The van der Waals surface area contributed by atoms with Crippen LogP contribution in [0.1, 0.15) is 41.4 Å². The second-order valence-corrected chi connectivity index (χ2v) is 9.33. The molecule has 1 aliphatic heterocycles. The Kier molecular flexibility index (Phi) is 6.06. The molecule has 1 aromatic carbocycles. The highest BCUT2D eigenvalue weighted by Crippen LogP contribution is 2.37. The minimum Gasteiger partial charge on any atom is -0.478 e. The van der Waals surface area contributed by atoms with Crippen LogP contribution in [0.3, 0.4) is 0 Å². The van der Waals surface area contributed by atoms with E-state index in [1.807, 2.05) is 0 Å². The number of hydrogen-bond donors (Lipinski definition) is 1. The third-order valence-electron chi connectivity index (χ3n) is 6.20. The fraction of sp³-hybridized carbons (Fsp3) is 0.269. The van der Waals surface area contributed by atoms with Gasteiger partial charge in [-0.25, -0.2) is 28.5 Å². The second kappa shape index (κ2) is 9.14. The highest BCUT2D eigenvalue weighted by atomic mass is 19.1. The molecule has 0 bridgehead atoms. The molecule has 1 aliphatic rings. The molecule has 0 spiro atoms. The summed E-state index contributed by atoms with van der Waals surface area (Å²) in [6.45, 7) is 4.33. The summed E-state index contributed by atoms with van der Waals surface area (Å²) in [7, 11) is 1.17. The third kappa shape index (κ3) is 4.32. The molecule has 1 amide bonds. The van der Waals surface area contributed by atoms with Gasteiger partial charge < -0.3 is 19.0 Å². The molecule has 4 heterocycles. The number of imidazole rings is 1. The normalized spacial score (nSPS) is 13.4. The number of pyridine rings is 1. The molecule has 3 aromatic heterocycles. The van der Waals surface area contributed by atoms with Gasteiger partial charge in [-0.05, 0) is 32.9 Å². The van der Waals surface area contributed by atoms with Crippen LogP contribution in [0.5, 0.6) is 5.75 Å². The number of aliphatic hydroxyl groups is 1. The van der Waals surface area contributed by atoms with E-state index in [-0.39, 0.29) is 34.9 Å². The van der Waals surface area contributed by atoms with Crippen molar-refractivity contribution in [2.24, 2.45) is 0 Å². The minimum atomic E-state index is -1.26. The molecule has 12 heteroatoms. The Morgan fingerprint density at radius 3 is 2.55 bits per heavy atom. The van der Waals surface area contributed by atoms with Crippen molar-refractivity contribution in [3.63, 3.8) is 0 Å². The number of fused-ring (bicyclic) bond motifs is 2. The molecule has 0 fully saturated rings. The molecule has 0 aliphatic carbocycles. The molecule has 196 valence electrons. The number of aryl methyl sites for hydroxylation is 1. The van der Waals surface area contributed by atoms with E-state index in [9.17, 15) is 19.1 Å². The van der Waals surface area contributed by atoms with Crippen LogP contribution >= 0.6 is 0 Å². The van der Waals surface area contributed by atoms with Gasteiger partial charge in [0.05, 0.1) is 36.3 Å². The van der Waals surface area contributed by atoms with Gasteiger partial charge in [0.15, 0.2) is 24.0 Å². The van der Waals surface area contributed by atoms with Gasteiger partial charge in [-0.2, -0.15) is 0 Å². The minimum absolute atomic E-state index is 0.0638. The van der Waals surface area contributed by atoms with Crippen molar-refractivity contribution < 1.29 is 33.0 Å². The number of nitrogens with zero attached hydrogens (tertiary/aromatic N) is 5. The number of aromatic nitrogens is 4. The predicted octanol–water partition coefficient (Wildman–Crippen LogP) is 3.32. The summed E-state index contributed by atoms with van der Waals surface area (Å²) in [6, 6.07) is 3.56. The molecule has 38 heavy (non-hydrogen) atoms. The van der Waals surface area contributed by atoms with E-state index >= 15 is 4.39 Å². The van der Waals surface area contributed by atoms with Crippen LogP contribution in [-0.2, 0) is 21.7 Å². The Hall–Kier alpha value is -4.45. The Morgan fingerprint density at radius 1 is 1.18 bits per heavy atom. The first-order valence-corrected chi connectivity index (χ1v) is 11.5. The zero-order valence-corrected chi connectivity index (χ0v) is 21.0. The van der Waals surface area contributed by atoms with Crippen LogP contribution in [0.2, 0.25) is 0 Å². The molecular formula is C26H23F2N5O5. The maximum atomic E-state index is 15.1. The van der Waals surface area contributed by atoms with E-state index in [1.165, 1.54) is 42.7 Å². The number of esters is 1. The monoisotopic (exact) mass is 523 g/mol. The molecule has 0 unspecified atom stereocenters. The number of benzene rings is 1. The third-order valence-corrected chi connectivity index (χ3v) is 6.20. The fourth-order valence-corrected chi connectivity index (χ4v) is 4.24. The number of methoxy groups -OCH3 is 1. The van der Waals surface area contributed by atoms with Gasteiger partial charge in [-0.15, -0.1) is 0 Å². The van der Waals surface area contributed by atoms with Crippen molar-refractivity contribution in [1.82, 2.24) is 19.4 Å². The lowest BCUT2D eigenvalue weighted by Crippen LogP contribution is -2.39. The molecule has 4 aromatic rings. The number of carbonyl (C=O) groups is 2. The van der Waals surface area contributed by atoms with Crippen molar-refractivity contribution in [3.8, 4) is 16.9 Å². The first-order chi connectivity index (χ1) is 18.0. The van der Waals surface area contributed by atoms with Crippen molar-refractivity contribution in [2.45, 2.75) is 32.9 Å². The van der Waals surface area contributed by atoms with Gasteiger partial charge in [-0.1, -0.05) is 0 Å². The van der Waals surface area contributed by atoms with E-state index < -0.39 is 35.7 Å². The Balaban J connectivity index is 1.59. The SMILES string of the molecule is COC(=O)c1cc(F)c2c(c1)N(Cc1c(C)nc3cc(F)c(-c4cnc(C(C)(C)O)nc4)cn13)C(=O)CO2.